The highest BCUT2D eigenvalue weighted by molar-refractivity contribution is 7.09. The van der Waals surface area contributed by atoms with Crippen molar-refractivity contribution in [3.63, 3.8) is 0 Å². The average Bonchev–Trinajstić information content (AvgIpc) is 3.03. The lowest BCUT2D eigenvalue weighted by molar-refractivity contribution is 0.696. The zero-order valence-corrected chi connectivity index (χ0v) is 11.9. The maximum atomic E-state index is 11.8. The average molecular weight is 274 g/mol. The van der Waals surface area contributed by atoms with Gasteiger partial charge in [-0.25, -0.2) is 4.98 Å². The smallest absolute Gasteiger partial charge is 0.251 e. The van der Waals surface area contributed by atoms with Crippen molar-refractivity contribution in [1.29, 1.82) is 0 Å². The van der Waals surface area contributed by atoms with E-state index >= 15 is 0 Å². The molecule has 3 rings (SSSR count). The van der Waals surface area contributed by atoms with Crippen LogP contribution >= 0.6 is 11.3 Å². The molecule has 2 aromatic rings. The van der Waals surface area contributed by atoms with Gasteiger partial charge in [-0.3, -0.25) is 4.79 Å². The van der Waals surface area contributed by atoms with Crippen LogP contribution in [0.3, 0.4) is 0 Å². The van der Waals surface area contributed by atoms with E-state index in [2.05, 4.69) is 5.38 Å². The first-order valence-electron chi connectivity index (χ1n) is 6.84. The highest BCUT2D eigenvalue weighted by Gasteiger charge is 2.20. The molecule has 0 aliphatic heterocycles. The van der Waals surface area contributed by atoms with Crippen LogP contribution in [0.15, 0.2) is 28.5 Å². The van der Waals surface area contributed by atoms with E-state index in [0.29, 0.717) is 12.5 Å². The maximum absolute atomic E-state index is 11.8. The predicted octanol–water partition coefficient (Wildman–Crippen LogP) is 3.32. The number of rotatable bonds is 3. The van der Waals surface area contributed by atoms with Crippen LogP contribution in [0.25, 0.3) is 0 Å². The summed E-state index contributed by atoms with van der Waals surface area (Å²) in [5, 5.41) is 3.35. The Kier molecular flexibility index (Phi) is 3.51. The second-order valence-corrected chi connectivity index (χ2v) is 6.22. The molecule has 19 heavy (non-hydrogen) atoms. The van der Waals surface area contributed by atoms with Crippen molar-refractivity contribution in [2.75, 3.05) is 0 Å². The third kappa shape index (κ3) is 2.78. The maximum Gasteiger partial charge on any atom is 0.251 e. The Labute approximate surface area is 116 Å². The molecule has 1 fully saturated rings. The van der Waals surface area contributed by atoms with Gasteiger partial charge in [0.15, 0.2) is 0 Å². The van der Waals surface area contributed by atoms with Crippen LogP contribution in [0, 0.1) is 6.92 Å². The van der Waals surface area contributed by atoms with E-state index in [0.717, 1.165) is 11.3 Å². The number of hydrogen-bond acceptors (Lipinski definition) is 3. The molecule has 2 aromatic heterocycles. The molecule has 1 aliphatic carbocycles. The Morgan fingerprint density at radius 2 is 2.21 bits per heavy atom. The third-order valence-electron chi connectivity index (χ3n) is 3.76. The van der Waals surface area contributed by atoms with Gasteiger partial charge < -0.3 is 4.57 Å². The second-order valence-electron chi connectivity index (χ2n) is 5.33. The van der Waals surface area contributed by atoms with Gasteiger partial charge in [0.25, 0.3) is 5.56 Å². The molecule has 0 aromatic carbocycles. The third-order valence-corrected chi connectivity index (χ3v) is 4.81. The zero-order chi connectivity index (χ0) is 13.2. The molecular weight excluding hydrogens is 256 g/mol. The molecule has 1 aliphatic rings. The van der Waals surface area contributed by atoms with E-state index in [1.807, 2.05) is 19.2 Å². The van der Waals surface area contributed by atoms with Gasteiger partial charge in [0, 0.05) is 23.6 Å². The van der Waals surface area contributed by atoms with E-state index in [-0.39, 0.29) is 5.56 Å². The number of nitrogens with zero attached hydrogens (tertiary/aromatic N) is 2. The Balaban J connectivity index is 1.78. The SMILES string of the molecule is Cc1ccn(Cc2csc(C3CCCC3)n2)c(=O)c1. The van der Waals surface area contributed by atoms with Crippen LogP contribution < -0.4 is 5.56 Å². The lowest BCUT2D eigenvalue weighted by atomic mass is 10.1. The van der Waals surface area contributed by atoms with Gasteiger partial charge in [-0.1, -0.05) is 12.8 Å². The largest absolute Gasteiger partial charge is 0.309 e. The number of pyridine rings is 1. The molecule has 2 heterocycles. The van der Waals surface area contributed by atoms with E-state index in [9.17, 15) is 4.79 Å². The van der Waals surface area contributed by atoms with Crippen molar-refractivity contribution in [3.05, 3.63) is 50.3 Å². The molecule has 0 N–H and O–H groups in total. The highest BCUT2D eigenvalue weighted by Crippen LogP contribution is 2.35. The van der Waals surface area contributed by atoms with Crippen LogP contribution in [-0.2, 0) is 6.54 Å². The molecule has 100 valence electrons. The van der Waals surface area contributed by atoms with Crippen LogP contribution in [0.4, 0.5) is 0 Å². The van der Waals surface area contributed by atoms with Crippen LogP contribution in [0.2, 0.25) is 0 Å². The summed E-state index contributed by atoms with van der Waals surface area (Å²) in [5.74, 6) is 0.661. The first kappa shape index (κ1) is 12.6. The molecule has 0 bridgehead atoms. The molecule has 0 spiro atoms. The molecule has 0 radical (unpaired) electrons. The molecular formula is C15H18N2OS. The standard InChI is InChI=1S/C15H18N2OS/c1-11-6-7-17(14(18)8-11)9-13-10-19-15(16-13)12-4-2-3-5-12/h6-8,10,12H,2-5,9H2,1H3. The lowest BCUT2D eigenvalue weighted by Gasteiger charge is -2.04. The first-order valence-corrected chi connectivity index (χ1v) is 7.72. The Morgan fingerprint density at radius 1 is 1.42 bits per heavy atom. The minimum atomic E-state index is 0.0513. The number of aryl methyl sites for hydroxylation is 1. The summed E-state index contributed by atoms with van der Waals surface area (Å²) in [6, 6.07) is 3.63. The molecule has 0 saturated heterocycles. The first-order chi connectivity index (χ1) is 9.22. The van der Waals surface area contributed by atoms with Gasteiger partial charge in [-0.2, -0.15) is 0 Å². The van der Waals surface area contributed by atoms with E-state index in [4.69, 9.17) is 4.98 Å². The summed E-state index contributed by atoms with van der Waals surface area (Å²) in [6.07, 6.45) is 7.06. The summed E-state index contributed by atoms with van der Waals surface area (Å²) in [6.45, 7) is 2.52. The number of thiazole rings is 1. The Bertz CT molecular complexity index is 623. The highest BCUT2D eigenvalue weighted by atomic mass is 32.1. The van der Waals surface area contributed by atoms with Gasteiger partial charge in [0.1, 0.15) is 0 Å². The topological polar surface area (TPSA) is 34.9 Å². The van der Waals surface area contributed by atoms with Crippen LogP contribution in [-0.4, -0.2) is 9.55 Å². The summed E-state index contributed by atoms with van der Waals surface area (Å²) < 4.78 is 1.72. The van der Waals surface area contributed by atoms with Gasteiger partial charge in [0.2, 0.25) is 0 Å². The van der Waals surface area contributed by atoms with Crippen molar-refractivity contribution >= 4 is 11.3 Å². The number of hydrogen-bond donors (Lipinski definition) is 0. The summed E-state index contributed by atoms with van der Waals surface area (Å²) in [4.78, 5) is 16.6. The fourth-order valence-electron chi connectivity index (χ4n) is 2.67. The predicted molar refractivity (Wildman–Crippen MR) is 77.9 cm³/mol. The quantitative estimate of drug-likeness (QED) is 0.860. The van der Waals surface area contributed by atoms with Crippen LogP contribution in [0.5, 0.6) is 0 Å². The summed E-state index contributed by atoms with van der Waals surface area (Å²) >= 11 is 1.75. The minimum absolute atomic E-state index is 0.0513. The van der Waals surface area contributed by atoms with Gasteiger partial charge >= 0.3 is 0 Å². The number of aromatic nitrogens is 2. The molecule has 0 amide bonds. The van der Waals surface area contributed by atoms with Crippen molar-refractivity contribution < 1.29 is 0 Å². The fourth-order valence-corrected chi connectivity index (χ4v) is 3.65. The summed E-state index contributed by atoms with van der Waals surface area (Å²) in [7, 11) is 0. The zero-order valence-electron chi connectivity index (χ0n) is 11.1. The molecule has 0 unspecified atom stereocenters. The van der Waals surface area contributed by atoms with E-state index < -0.39 is 0 Å². The fraction of sp³-hybridized carbons (Fsp3) is 0.467. The van der Waals surface area contributed by atoms with Gasteiger partial charge in [-0.05, 0) is 31.4 Å². The normalized spacial score (nSPS) is 16.1. The Morgan fingerprint density at radius 3 is 2.95 bits per heavy atom. The van der Waals surface area contributed by atoms with Gasteiger partial charge in [0.05, 0.1) is 17.2 Å². The van der Waals surface area contributed by atoms with Crippen LogP contribution in [0.1, 0.15) is 47.9 Å². The summed E-state index contributed by atoms with van der Waals surface area (Å²) in [5.41, 5.74) is 2.07. The molecule has 4 heteroatoms. The van der Waals surface area contributed by atoms with E-state index in [1.54, 1.807) is 22.0 Å². The molecule has 1 saturated carbocycles. The minimum Gasteiger partial charge on any atom is -0.309 e. The van der Waals surface area contributed by atoms with Crippen molar-refractivity contribution in [3.8, 4) is 0 Å². The van der Waals surface area contributed by atoms with Crippen molar-refractivity contribution in [2.24, 2.45) is 0 Å². The lowest BCUT2D eigenvalue weighted by Crippen LogP contribution is -2.19. The van der Waals surface area contributed by atoms with Gasteiger partial charge in [-0.15, -0.1) is 11.3 Å². The second kappa shape index (κ2) is 5.29. The van der Waals surface area contributed by atoms with Crippen molar-refractivity contribution in [1.82, 2.24) is 9.55 Å². The van der Waals surface area contributed by atoms with Crippen molar-refractivity contribution in [2.45, 2.75) is 45.1 Å². The monoisotopic (exact) mass is 274 g/mol. The van der Waals surface area contributed by atoms with E-state index in [1.165, 1.54) is 30.7 Å². The Hall–Kier alpha value is -1.42. The molecule has 0 atom stereocenters. The molecule has 3 nitrogen and oxygen atoms in total.